The third-order valence-corrected chi connectivity index (χ3v) is 4.46. The topological polar surface area (TPSA) is 43.1 Å². The fraction of sp³-hybridized carbons (Fsp3) is 0.312. The number of benzene rings is 1. The highest BCUT2D eigenvalue weighted by atomic mass is 35.5. The van der Waals surface area contributed by atoms with E-state index in [0.717, 1.165) is 29.1 Å². The van der Waals surface area contributed by atoms with Gasteiger partial charge in [0.2, 0.25) is 0 Å². The first kappa shape index (κ1) is 14.0. The maximum atomic E-state index is 5.97. The Hall–Kier alpha value is -1.65. The fourth-order valence-corrected chi connectivity index (χ4v) is 2.89. The summed E-state index contributed by atoms with van der Waals surface area (Å²) in [6, 6.07) is 12.0. The van der Waals surface area contributed by atoms with E-state index < -0.39 is 4.84 Å². The molecule has 6 heteroatoms. The lowest BCUT2D eigenvalue weighted by Gasteiger charge is -2.06. The van der Waals surface area contributed by atoms with Gasteiger partial charge in [-0.3, -0.25) is 0 Å². The quantitative estimate of drug-likeness (QED) is 0.668. The lowest BCUT2D eigenvalue weighted by atomic mass is 10.2. The Morgan fingerprint density at radius 3 is 2.55 bits per heavy atom. The van der Waals surface area contributed by atoms with Crippen molar-refractivity contribution in [3.63, 3.8) is 0 Å². The third kappa shape index (κ3) is 2.36. The molecule has 2 heterocycles. The fourth-order valence-electron chi connectivity index (χ4n) is 2.70. The summed E-state index contributed by atoms with van der Waals surface area (Å²) in [5.41, 5.74) is 2.67. The molecule has 1 aliphatic rings. The van der Waals surface area contributed by atoms with Gasteiger partial charge in [-0.05, 0) is 12.3 Å². The monoisotopic (exact) mass is 332 g/mol. The molecule has 0 bridgehead atoms. The van der Waals surface area contributed by atoms with Gasteiger partial charge in [0.25, 0.3) is 0 Å². The molecule has 0 amide bonds. The summed E-state index contributed by atoms with van der Waals surface area (Å²) >= 11 is 11.9. The number of hydrogen-bond acceptors (Lipinski definition) is 3. The van der Waals surface area contributed by atoms with Crippen LogP contribution in [0.3, 0.4) is 0 Å². The van der Waals surface area contributed by atoms with Crippen molar-refractivity contribution in [3.8, 4) is 11.3 Å². The first-order chi connectivity index (χ1) is 10.6. The molecule has 4 nitrogen and oxygen atoms in total. The molecular weight excluding hydrogens is 319 g/mol. The summed E-state index contributed by atoms with van der Waals surface area (Å²) in [7, 11) is 0. The minimum atomic E-state index is -0.729. The molecule has 0 spiro atoms. The predicted molar refractivity (Wildman–Crippen MR) is 87.2 cm³/mol. The summed E-state index contributed by atoms with van der Waals surface area (Å²) < 4.78 is 1.83. The average Bonchev–Trinajstić information content (AvgIpc) is 3.09. The molecule has 4 rings (SSSR count). The average molecular weight is 333 g/mol. The largest absolute Gasteiger partial charge is 0.215 e. The Bertz CT molecular complexity index is 829. The smallest absolute Gasteiger partial charge is 0.167 e. The standard InChI is InChI=1S/C16H14Cl2N4/c1-9-7-11(9)16-20-15(14(17)18)19-13-8-12(21-22(13)16)10-5-3-2-4-6-10/h2-6,8-9,11,14H,7H2,1H3. The van der Waals surface area contributed by atoms with Crippen molar-refractivity contribution in [2.24, 2.45) is 5.92 Å². The van der Waals surface area contributed by atoms with E-state index in [1.807, 2.05) is 40.9 Å². The maximum absolute atomic E-state index is 5.97. The van der Waals surface area contributed by atoms with E-state index in [2.05, 4.69) is 22.0 Å². The zero-order valence-electron chi connectivity index (χ0n) is 11.9. The number of fused-ring (bicyclic) bond motifs is 1. The lowest BCUT2D eigenvalue weighted by Crippen LogP contribution is -2.07. The number of halogens is 2. The Morgan fingerprint density at radius 1 is 1.18 bits per heavy atom. The molecule has 112 valence electrons. The van der Waals surface area contributed by atoms with Crippen LogP contribution in [-0.2, 0) is 0 Å². The Labute approximate surface area is 138 Å². The van der Waals surface area contributed by atoms with Crippen LogP contribution in [0, 0.1) is 5.92 Å². The number of aromatic nitrogens is 4. The Balaban J connectivity index is 1.90. The molecule has 0 radical (unpaired) electrons. The van der Waals surface area contributed by atoms with E-state index in [1.54, 1.807) is 0 Å². The van der Waals surface area contributed by atoms with Crippen molar-refractivity contribution in [1.29, 1.82) is 0 Å². The second kappa shape index (κ2) is 5.21. The van der Waals surface area contributed by atoms with Gasteiger partial charge in [0, 0.05) is 17.5 Å². The van der Waals surface area contributed by atoms with Gasteiger partial charge >= 0.3 is 0 Å². The van der Waals surface area contributed by atoms with E-state index in [1.165, 1.54) is 0 Å². The highest BCUT2D eigenvalue weighted by Gasteiger charge is 2.38. The number of alkyl halides is 2. The minimum absolute atomic E-state index is 0.403. The summed E-state index contributed by atoms with van der Waals surface area (Å²) in [5.74, 6) is 2.37. The van der Waals surface area contributed by atoms with Crippen LogP contribution in [-0.4, -0.2) is 19.6 Å². The van der Waals surface area contributed by atoms with Gasteiger partial charge in [-0.15, -0.1) is 0 Å². The molecule has 1 aliphatic carbocycles. The first-order valence-corrected chi connectivity index (χ1v) is 8.12. The van der Waals surface area contributed by atoms with Crippen molar-refractivity contribution in [3.05, 3.63) is 48.0 Å². The molecular formula is C16H14Cl2N4. The van der Waals surface area contributed by atoms with Crippen LogP contribution in [0.4, 0.5) is 0 Å². The van der Waals surface area contributed by atoms with Gasteiger partial charge in [-0.2, -0.15) is 5.10 Å². The SMILES string of the molecule is CC1CC1c1nc(C(Cl)Cl)nc2cc(-c3ccccc3)nn12. The Kier molecular flexibility index (Phi) is 3.31. The molecule has 0 aliphatic heterocycles. The van der Waals surface area contributed by atoms with Gasteiger partial charge in [0.1, 0.15) is 5.82 Å². The maximum Gasteiger partial charge on any atom is 0.167 e. The first-order valence-electron chi connectivity index (χ1n) is 7.24. The zero-order chi connectivity index (χ0) is 15.3. The number of hydrogen-bond donors (Lipinski definition) is 0. The lowest BCUT2D eigenvalue weighted by molar-refractivity contribution is 0.737. The summed E-state index contributed by atoms with van der Waals surface area (Å²) in [6.07, 6.45) is 1.11. The van der Waals surface area contributed by atoms with E-state index in [0.29, 0.717) is 17.7 Å². The van der Waals surface area contributed by atoms with Gasteiger partial charge in [0.15, 0.2) is 16.3 Å². The van der Waals surface area contributed by atoms with Gasteiger partial charge in [-0.1, -0.05) is 60.5 Å². The van der Waals surface area contributed by atoms with Gasteiger partial charge in [0.05, 0.1) is 5.69 Å². The predicted octanol–water partition coefficient (Wildman–Crippen LogP) is 4.39. The van der Waals surface area contributed by atoms with E-state index >= 15 is 0 Å². The second-order valence-electron chi connectivity index (χ2n) is 5.73. The van der Waals surface area contributed by atoms with Crippen LogP contribution in [0.15, 0.2) is 36.4 Å². The van der Waals surface area contributed by atoms with Crippen LogP contribution < -0.4 is 0 Å². The molecule has 2 aromatic heterocycles. The molecule has 0 N–H and O–H groups in total. The van der Waals surface area contributed by atoms with Crippen LogP contribution in [0.25, 0.3) is 16.9 Å². The van der Waals surface area contributed by atoms with Gasteiger partial charge in [-0.25, -0.2) is 14.5 Å². The van der Waals surface area contributed by atoms with Gasteiger partial charge < -0.3 is 0 Å². The molecule has 2 atom stereocenters. The van der Waals surface area contributed by atoms with Crippen LogP contribution >= 0.6 is 23.2 Å². The number of nitrogens with zero attached hydrogens (tertiary/aromatic N) is 4. The molecule has 22 heavy (non-hydrogen) atoms. The zero-order valence-corrected chi connectivity index (χ0v) is 13.5. The Morgan fingerprint density at radius 2 is 1.91 bits per heavy atom. The number of rotatable bonds is 3. The van der Waals surface area contributed by atoms with E-state index in [9.17, 15) is 0 Å². The summed E-state index contributed by atoms with van der Waals surface area (Å²) in [6.45, 7) is 2.21. The summed E-state index contributed by atoms with van der Waals surface area (Å²) in [4.78, 5) is 8.26. The molecule has 1 aromatic carbocycles. The molecule has 1 saturated carbocycles. The summed E-state index contributed by atoms with van der Waals surface area (Å²) in [5, 5.41) is 4.68. The molecule has 2 unspecified atom stereocenters. The van der Waals surface area contributed by atoms with Crippen molar-refractivity contribution in [2.75, 3.05) is 0 Å². The molecule has 1 fully saturated rings. The normalized spacial score (nSPS) is 20.7. The minimum Gasteiger partial charge on any atom is -0.215 e. The van der Waals surface area contributed by atoms with Crippen molar-refractivity contribution in [2.45, 2.75) is 24.1 Å². The highest BCUT2D eigenvalue weighted by molar-refractivity contribution is 6.43. The molecule has 3 aromatic rings. The van der Waals surface area contributed by atoms with Crippen molar-refractivity contribution >= 4 is 28.8 Å². The van der Waals surface area contributed by atoms with Crippen molar-refractivity contribution < 1.29 is 0 Å². The molecule has 0 saturated heterocycles. The van der Waals surface area contributed by atoms with Crippen molar-refractivity contribution in [1.82, 2.24) is 19.6 Å². The van der Waals surface area contributed by atoms with E-state index in [-0.39, 0.29) is 0 Å². The third-order valence-electron chi connectivity index (χ3n) is 4.07. The second-order valence-corrected chi connectivity index (χ2v) is 6.82. The van der Waals surface area contributed by atoms with Crippen LogP contribution in [0.1, 0.15) is 35.7 Å². The van der Waals surface area contributed by atoms with Crippen LogP contribution in [0.2, 0.25) is 0 Å². The van der Waals surface area contributed by atoms with E-state index in [4.69, 9.17) is 23.2 Å². The van der Waals surface area contributed by atoms with Crippen LogP contribution in [0.5, 0.6) is 0 Å². The highest BCUT2D eigenvalue weighted by Crippen LogP contribution is 2.46.